The van der Waals surface area contributed by atoms with Crippen LogP contribution in [0.15, 0.2) is 30.3 Å². The molecule has 3 aliphatic rings. The Bertz CT molecular complexity index is 774. The molecule has 0 radical (unpaired) electrons. The Morgan fingerprint density at radius 2 is 1.86 bits per heavy atom. The van der Waals surface area contributed by atoms with Crippen LogP contribution in [0, 0.1) is 0 Å². The Balaban J connectivity index is 1.40. The van der Waals surface area contributed by atoms with Gasteiger partial charge in [-0.05, 0) is 31.2 Å². The molecule has 7 nitrogen and oxygen atoms in total. The number of benzene rings is 1. The lowest BCUT2D eigenvalue weighted by Gasteiger charge is -2.39. The van der Waals surface area contributed by atoms with Gasteiger partial charge in [0.05, 0.1) is 6.04 Å². The maximum absolute atomic E-state index is 13.3. The molecule has 3 heterocycles. The molecule has 156 valence electrons. The molecule has 1 atom stereocenters. The normalized spacial score (nSPS) is 24.8. The van der Waals surface area contributed by atoms with E-state index in [-0.39, 0.29) is 23.9 Å². The van der Waals surface area contributed by atoms with Gasteiger partial charge in [0, 0.05) is 39.1 Å². The SMILES string of the molecule is CCC(=O)N1CCC[C@@H](N2C(=O)NC3(CCN(Cc4ccccc4)CC3)C2=O)C1. The minimum Gasteiger partial charge on any atom is -0.341 e. The number of piperidine rings is 2. The topological polar surface area (TPSA) is 73.0 Å². The number of carbonyl (C=O) groups is 3. The van der Waals surface area contributed by atoms with Crippen molar-refractivity contribution < 1.29 is 14.4 Å². The standard InChI is InChI=1S/C22H30N4O3/c1-2-19(27)25-12-6-9-18(16-25)26-20(28)22(23-21(26)29)10-13-24(14-11-22)15-17-7-4-3-5-8-17/h3-5,7-8,18H,2,6,9-16H2,1H3,(H,23,29)/t18-/m1/s1. The van der Waals surface area contributed by atoms with Crippen LogP contribution in [0.1, 0.15) is 44.6 Å². The van der Waals surface area contributed by atoms with Gasteiger partial charge in [-0.1, -0.05) is 37.3 Å². The highest BCUT2D eigenvalue weighted by Gasteiger charge is 2.54. The lowest BCUT2D eigenvalue weighted by molar-refractivity contribution is -0.139. The van der Waals surface area contributed by atoms with Crippen molar-refractivity contribution in [2.24, 2.45) is 0 Å². The van der Waals surface area contributed by atoms with Gasteiger partial charge in [-0.25, -0.2) is 4.79 Å². The minimum atomic E-state index is -0.776. The molecule has 0 unspecified atom stereocenters. The molecule has 3 aliphatic heterocycles. The molecular weight excluding hydrogens is 368 g/mol. The van der Waals surface area contributed by atoms with Crippen molar-refractivity contribution in [3.8, 4) is 0 Å². The average molecular weight is 399 g/mol. The number of hydrogen-bond donors (Lipinski definition) is 1. The van der Waals surface area contributed by atoms with Crippen LogP contribution in [0.4, 0.5) is 4.79 Å². The van der Waals surface area contributed by atoms with Gasteiger partial charge in [-0.2, -0.15) is 0 Å². The number of urea groups is 1. The number of hydrogen-bond acceptors (Lipinski definition) is 4. The summed E-state index contributed by atoms with van der Waals surface area (Å²) in [5.41, 5.74) is 0.483. The van der Waals surface area contributed by atoms with Gasteiger partial charge in [0.1, 0.15) is 5.54 Å². The molecule has 1 aromatic carbocycles. The first-order valence-corrected chi connectivity index (χ1v) is 10.7. The summed E-state index contributed by atoms with van der Waals surface area (Å²) in [4.78, 5) is 43.7. The Kier molecular flexibility index (Phi) is 5.58. The Labute approximate surface area is 172 Å². The summed E-state index contributed by atoms with van der Waals surface area (Å²) < 4.78 is 0. The molecule has 7 heteroatoms. The van der Waals surface area contributed by atoms with Crippen molar-refractivity contribution in [3.63, 3.8) is 0 Å². The summed E-state index contributed by atoms with van der Waals surface area (Å²) in [5, 5.41) is 3.02. The van der Waals surface area contributed by atoms with E-state index in [1.807, 2.05) is 25.1 Å². The van der Waals surface area contributed by atoms with Gasteiger partial charge in [0.2, 0.25) is 5.91 Å². The third kappa shape index (κ3) is 3.88. The molecule has 3 saturated heterocycles. The first-order chi connectivity index (χ1) is 14.0. The van der Waals surface area contributed by atoms with Gasteiger partial charge in [-0.3, -0.25) is 19.4 Å². The van der Waals surface area contributed by atoms with Gasteiger partial charge < -0.3 is 10.2 Å². The van der Waals surface area contributed by atoms with E-state index in [1.165, 1.54) is 10.5 Å². The number of carbonyl (C=O) groups excluding carboxylic acids is 3. The lowest BCUT2D eigenvalue weighted by Crippen LogP contribution is -2.56. The Morgan fingerprint density at radius 3 is 2.55 bits per heavy atom. The van der Waals surface area contributed by atoms with Crippen molar-refractivity contribution in [3.05, 3.63) is 35.9 Å². The van der Waals surface area contributed by atoms with E-state index in [1.54, 1.807) is 4.90 Å². The van der Waals surface area contributed by atoms with Crippen molar-refractivity contribution in [2.45, 2.75) is 57.2 Å². The van der Waals surface area contributed by atoms with Crippen LogP contribution >= 0.6 is 0 Å². The molecule has 0 aliphatic carbocycles. The summed E-state index contributed by atoms with van der Waals surface area (Å²) in [5.74, 6) is -0.0108. The smallest absolute Gasteiger partial charge is 0.325 e. The number of imide groups is 1. The van der Waals surface area contributed by atoms with E-state index in [9.17, 15) is 14.4 Å². The van der Waals surface area contributed by atoms with Crippen molar-refractivity contribution in [1.29, 1.82) is 0 Å². The number of rotatable bonds is 4. The van der Waals surface area contributed by atoms with E-state index >= 15 is 0 Å². The summed E-state index contributed by atoms with van der Waals surface area (Å²) >= 11 is 0. The molecular formula is C22H30N4O3. The van der Waals surface area contributed by atoms with Crippen LogP contribution in [-0.4, -0.2) is 70.3 Å². The molecule has 0 bridgehead atoms. The third-order valence-electron chi connectivity index (χ3n) is 6.57. The fraction of sp³-hybridized carbons (Fsp3) is 0.591. The first-order valence-electron chi connectivity index (χ1n) is 10.7. The van der Waals surface area contributed by atoms with Crippen molar-refractivity contribution in [1.82, 2.24) is 20.0 Å². The molecule has 1 spiro atoms. The Hall–Kier alpha value is -2.41. The van der Waals surface area contributed by atoms with E-state index in [2.05, 4.69) is 22.3 Å². The number of amides is 4. The van der Waals surface area contributed by atoms with Crippen molar-refractivity contribution >= 4 is 17.8 Å². The quantitative estimate of drug-likeness (QED) is 0.787. The number of likely N-dealkylation sites (tertiary alicyclic amines) is 2. The second kappa shape index (κ2) is 8.14. The second-order valence-electron chi connectivity index (χ2n) is 8.44. The first kappa shape index (κ1) is 19.9. The van der Waals surface area contributed by atoms with Gasteiger partial charge in [-0.15, -0.1) is 0 Å². The van der Waals surface area contributed by atoms with Crippen LogP contribution in [0.3, 0.4) is 0 Å². The molecule has 0 saturated carbocycles. The molecule has 0 aromatic heterocycles. The summed E-state index contributed by atoms with van der Waals surface area (Å²) in [7, 11) is 0. The van der Waals surface area contributed by atoms with Crippen LogP contribution in [0.5, 0.6) is 0 Å². The zero-order valence-corrected chi connectivity index (χ0v) is 17.1. The molecule has 4 rings (SSSR count). The Morgan fingerprint density at radius 1 is 1.14 bits per heavy atom. The predicted octanol–water partition coefficient (Wildman–Crippen LogP) is 1.97. The fourth-order valence-electron chi connectivity index (χ4n) is 4.86. The van der Waals surface area contributed by atoms with Gasteiger partial charge in [0.25, 0.3) is 5.91 Å². The molecule has 1 aromatic rings. The minimum absolute atomic E-state index is 0.0886. The summed E-state index contributed by atoms with van der Waals surface area (Å²) in [6.45, 7) is 5.44. The summed E-state index contributed by atoms with van der Waals surface area (Å²) in [6.07, 6.45) is 3.30. The third-order valence-corrected chi connectivity index (χ3v) is 6.57. The van der Waals surface area contributed by atoms with Gasteiger partial charge >= 0.3 is 6.03 Å². The van der Waals surface area contributed by atoms with E-state index < -0.39 is 5.54 Å². The van der Waals surface area contributed by atoms with Gasteiger partial charge in [0.15, 0.2) is 0 Å². The number of nitrogens with one attached hydrogen (secondary N) is 1. The maximum atomic E-state index is 13.3. The fourth-order valence-corrected chi connectivity index (χ4v) is 4.86. The highest BCUT2D eigenvalue weighted by Crippen LogP contribution is 2.32. The van der Waals surface area contributed by atoms with E-state index in [0.29, 0.717) is 32.4 Å². The highest BCUT2D eigenvalue weighted by molar-refractivity contribution is 6.07. The monoisotopic (exact) mass is 398 g/mol. The maximum Gasteiger partial charge on any atom is 0.325 e. The van der Waals surface area contributed by atoms with E-state index in [0.717, 1.165) is 32.5 Å². The molecule has 3 fully saturated rings. The highest BCUT2D eigenvalue weighted by atomic mass is 16.2. The summed E-state index contributed by atoms with van der Waals surface area (Å²) in [6, 6.07) is 9.81. The molecule has 1 N–H and O–H groups in total. The second-order valence-corrected chi connectivity index (χ2v) is 8.44. The molecule has 4 amide bonds. The lowest BCUT2D eigenvalue weighted by atomic mass is 9.87. The van der Waals surface area contributed by atoms with E-state index in [4.69, 9.17) is 0 Å². The zero-order chi connectivity index (χ0) is 20.4. The van der Waals surface area contributed by atoms with Crippen LogP contribution in [-0.2, 0) is 16.1 Å². The van der Waals surface area contributed by atoms with Crippen LogP contribution in [0.2, 0.25) is 0 Å². The zero-order valence-electron chi connectivity index (χ0n) is 17.1. The van der Waals surface area contributed by atoms with Crippen molar-refractivity contribution in [2.75, 3.05) is 26.2 Å². The molecule has 29 heavy (non-hydrogen) atoms. The number of nitrogens with zero attached hydrogens (tertiary/aromatic N) is 3. The predicted molar refractivity (Wildman–Crippen MR) is 109 cm³/mol. The largest absolute Gasteiger partial charge is 0.341 e. The van der Waals surface area contributed by atoms with Crippen LogP contribution < -0.4 is 5.32 Å². The van der Waals surface area contributed by atoms with Crippen LogP contribution in [0.25, 0.3) is 0 Å². The average Bonchev–Trinajstić information content (AvgIpc) is 2.99.